The molecular weight excluding hydrogens is 436 g/mol. The summed E-state index contributed by atoms with van der Waals surface area (Å²) in [6.07, 6.45) is -0.183. The van der Waals surface area contributed by atoms with Gasteiger partial charge in [0.25, 0.3) is 0 Å². The zero-order valence-electron chi connectivity index (χ0n) is 9.41. The van der Waals surface area contributed by atoms with E-state index in [4.69, 9.17) is 4.74 Å². The number of halogens is 3. The predicted molar refractivity (Wildman–Crippen MR) is 77.8 cm³/mol. The molecule has 1 aromatic rings. The molecule has 1 rings (SSSR count). The number of aliphatic hydroxyl groups excluding tert-OH is 1. The lowest BCUT2D eigenvalue weighted by Gasteiger charge is -2.12. The Kier molecular flexibility index (Phi) is 6.10. The number of aliphatic hydroxyl groups is 1. The minimum atomic E-state index is -0.685. The van der Waals surface area contributed by atoms with Crippen LogP contribution in [0.2, 0.25) is 0 Å². The number of rotatable bonds is 4. The molecule has 0 fully saturated rings. The zero-order valence-corrected chi connectivity index (χ0v) is 14.2. The number of esters is 1. The molecule has 2 N–H and O–H groups in total. The van der Waals surface area contributed by atoms with Crippen LogP contribution >= 0.6 is 47.8 Å². The first-order valence-electron chi connectivity index (χ1n) is 5.10. The van der Waals surface area contributed by atoms with E-state index in [2.05, 4.69) is 47.8 Å². The van der Waals surface area contributed by atoms with Gasteiger partial charge in [-0.3, -0.25) is 0 Å². The Bertz CT molecular complexity index is 462. The molecule has 0 radical (unpaired) electrons. The number of benzene rings is 1. The van der Waals surface area contributed by atoms with Gasteiger partial charge in [0.15, 0.2) is 0 Å². The third-order valence-electron chi connectivity index (χ3n) is 2.23. The lowest BCUT2D eigenvalue weighted by atomic mass is 10.2. The summed E-state index contributed by atoms with van der Waals surface area (Å²) < 4.78 is 6.13. The summed E-state index contributed by atoms with van der Waals surface area (Å²) in [4.78, 5) is 11.9. The quantitative estimate of drug-likeness (QED) is 0.693. The summed E-state index contributed by atoms with van der Waals surface area (Å²) in [6, 6.07) is 1.55. The van der Waals surface area contributed by atoms with Crippen molar-refractivity contribution in [3.63, 3.8) is 0 Å². The molecule has 0 bridgehead atoms. The minimum Gasteiger partial charge on any atom is -0.506 e. The Morgan fingerprint density at radius 3 is 2.56 bits per heavy atom. The van der Waals surface area contributed by atoms with Gasteiger partial charge >= 0.3 is 5.97 Å². The second-order valence-electron chi connectivity index (χ2n) is 3.54. The second-order valence-corrected chi connectivity index (χ2v) is 6.04. The van der Waals surface area contributed by atoms with Gasteiger partial charge in [-0.2, -0.15) is 0 Å². The number of carbonyl (C=O) groups is 1. The molecule has 100 valence electrons. The van der Waals surface area contributed by atoms with Crippen LogP contribution in [0.15, 0.2) is 19.5 Å². The minimum absolute atomic E-state index is 0.0783. The van der Waals surface area contributed by atoms with Crippen molar-refractivity contribution in [3.8, 4) is 5.75 Å². The van der Waals surface area contributed by atoms with Crippen molar-refractivity contribution in [1.82, 2.24) is 0 Å². The van der Waals surface area contributed by atoms with Crippen LogP contribution in [-0.2, 0) is 4.74 Å². The molecule has 0 aliphatic carbocycles. The van der Waals surface area contributed by atoms with Gasteiger partial charge < -0.3 is 14.9 Å². The molecule has 0 saturated carbocycles. The van der Waals surface area contributed by atoms with Crippen LogP contribution in [0, 0.1) is 0 Å². The van der Waals surface area contributed by atoms with Gasteiger partial charge in [-0.05, 0) is 60.3 Å². The van der Waals surface area contributed by atoms with Gasteiger partial charge in [-0.15, -0.1) is 0 Å². The van der Waals surface area contributed by atoms with Crippen molar-refractivity contribution in [3.05, 3.63) is 25.0 Å². The molecular formula is C11H11Br3O4. The van der Waals surface area contributed by atoms with Crippen LogP contribution in [0.4, 0.5) is 0 Å². The molecule has 0 heterocycles. The first kappa shape index (κ1) is 15.9. The largest absolute Gasteiger partial charge is 0.506 e. The molecule has 1 unspecified atom stereocenters. The van der Waals surface area contributed by atoms with Gasteiger partial charge in [0.1, 0.15) is 12.4 Å². The summed E-state index contributed by atoms with van der Waals surface area (Å²) in [5, 5.41) is 19.0. The van der Waals surface area contributed by atoms with Crippen LogP contribution < -0.4 is 0 Å². The van der Waals surface area contributed by atoms with E-state index < -0.39 is 12.1 Å². The van der Waals surface area contributed by atoms with Gasteiger partial charge in [0.05, 0.1) is 20.6 Å². The summed E-state index contributed by atoms with van der Waals surface area (Å²) >= 11 is 9.51. The maximum Gasteiger partial charge on any atom is 0.340 e. The molecule has 0 saturated heterocycles. The normalized spacial score (nSPS) is 12.3. The van der Waals surface area contributed by atoms with E-state index in [9.17, 15) is 15.0 Å². The van der Waals surface area contributed by atoms with Crippen molar-refractivity contribution >= 4 is 53.8 Å². The van der Waals surface area contributed by atoms with E-state index in [0.29, 0.717) is 15.4 Å². The van der Waals surface area contributed by atoms with E-state index in [0.717, 1.165) is 0 Å². The second kappa shape index (κ2) is 6.88. The lowest BCUT2D eigenvalue weighted by molar-refractivity contribution is 0.0248. The van der Waals surface area contributed by atoms with E-state index in [1.807, 2.05) is 0 Å². The van der Waals surface area contributed by atoms with Crippen LogP contribution in [-0.4, -0.2) is 28.9 Å². The van der Waals surface area contributed by atoms with Crippen LogP contribution in [0.1, 0.15) is 23.7 Å². The average Bonchev–Trinajstić information content (AvgIpc) is 2.33. The average molecular weight is 447 g/mol. The van der Waals surface area contributed by atoms with Crippen molar-refractivity contribution < 1.29 is 19.7 Å². The number of ether oxygens (including phenoxy) is 1. The molecule has 0 spiro atoms. The summed E-state index contributed by atoms with van der Waals surface area (Å²) in [7, 11) is 0. The molecule has 0 amide bonds. The van der Waals surface area contributed by atoms with E-state index in [1.165, 1.54) is 0 Å². The number of hydrogen-bond donors (Lipinski definition) is 2. The van der Waals surface area contributed by atoms with Crippen molar-refractivity contribution in [2.24, 2.45) is 0 Å². The Labute approximate surface area is 130 Å². The summed E-state index contributed by atoms with van der Waals surface area (Å²) in [5.41, 5.74) is 0.180. The Morgan fingerprint density at radius 1 is 1.39 bits per heavy atom. The van der Waals surface area contributed by atoms with Crippen molar-refractivity contribution in [2.75, 3.05) is 6.61 Å². The number of carbonyl (C=O) groups excluding carboxylic acids is 1. The smallest absolute Gasteiger partial charge is 0.340 e. The Morgan fingerprint density at radius 2 is 2.00 bits per heavy atom. The molecule has 1 aromatic carbocycles. The molecule has 1 atom stereocenters. The molecule has 0 aliphatic rings. The fourth-order valence-electron chi connectivity index (χ4n) is 1.13. The summed E-state index contributed by atoms with van der Waals surface area (Å²) in [5.74, 6) is -0.703. The highest BCUT2D eigenvalue weighted by molar-refractivity contribution is 9.11. The van der Waals surface area contributed by atoms with Crippen LogP contribution in [0.3, 0.4) is 0 Å². The highest BCUT2D eigenvalue weighted by Gasteiger charge is 2.21. The topological polar surface area (TPSA) is 66.8 Å². The summed E-state index contributed by atoms with van der Waals surface area (Å²) in [6.45, 7) is 1.71. The maximum absolute atomic E-state index is 11.9. The fraction of sp³-hybridized carbons (Fsp3) is 0.364. The van der Waals surface area contributed by atoms with E-state index >= 15 is 0 Å². The SMILES string of the molecule is CCC(O)COC(=O)c1c(Br)cc(Br)c(O)c1Br. The Balaban J connectivity index is 2.96. The first-order chi connectivity index (χ1) is 8.38. The third kappa shape index (κ3) is 3.69. The highest BCUT2D eigenvalue weighted by atomic mass is 79.9. The highest BCUT2D eigenvalue weighted by Crippen LogP contribution is 2.39. The number of aromatic hydroxyl groups is 1. The van der Waals surface area contributed by atoms with Crippen molar-refractivity contribution in [2.45, 2.75) is 19.4 Å². The standard InChI is InChI=1S/C11H11Br3O4/c1-2-5(15)4-18-11(17)8-6(12)3-7(13)10(16)9(8)14/h3,5,15-16H,2,4H2,1H3. The van der Waals surface area contributed by atoms with E-state index in [1.54, 1.807) is 13.0 Å². The van der Waals surface area contributed by atoms with Gasteiger partial charge in [-0.1, -0.05) is 6.92 Å². The molecule has 18 heavy (non-hydrogen) atoms. The van der Waals surface area contributed by atoms with Gasteiger partial charge in [0, 0.05) is 4.47 Å². The van der Waals surface area contributed by atoms with E-state index in [-0.39, 0.29) is 22.4 Å². The Hall–Kier alpha value is -0.110. The number of phenols is 1. The monoisotopic (exact) mass is 444 g/mol. The molecule has 0 aromatic heterocycles. The predicted octanol–water partition coefficient (Wildman–Crippen LogP) is 3.61. The molecule has 0 aliphatic heterocycles. The van der Waals surface area contributed by atoms with Gasteiger partial charge in [0.2, 0.25) is 0 Å². The number of phenolic OH excluding ortho intramolecular Hbond substituents is 1. The third-order valence-corrected chi connectivity index (χ3v) is 4.23. The fourth-order valence-corrected chi connectivity index (χ4v) is 3.57. The molecule has 7 heteroatoms. The number of hydrogen-bond acceptors (Lipinski definition) is 4. The lowest BCUT2D eigenvalue weighted by Crippen LogP contribution is -2.18. The van der Waals surface area contributed by atoms with Gasteiger partial charge in [-0.25, -0.2) is 4.79 Å². The van der Waals surface area contributed by atoms with Crippen LogP contribution in [0.5, 0.6) is 5.75 Å². The zero-order chi connectivity index (χ0) is 13.9. The maximum atomic E-state index is 11.9. The van der Waals surface area contributed by atoms with Crippen molar-refractivity contribution in [1.29, 1.82) is 0 Å². The molecule has 4 nitrogen and oxygen atoms in total. The van der Waals surface area contributed by atoms with Crippen LogP contribution in [0.25, 0.3) is 0 Å². The first-order valence-corrected chi connectivity index (χ1v) is 7.48.